The van der Waals surface area contributed by atoms with Crippen LogP contribution in [0.3, 0.4) is 0 Å². The lowest BCUT2D eigenvalue weighted by Gasteiger charge is -2.32. The highest BCUT2D eigenvalue weighted by Crippen LogP contribution is 2.55. The maximum Gasteiger partial charge on any atom is 0.472 e. The number of rotatable bonds is 2. The van der Waals surface area contributed by atoms with E-state index in [9.17, 15) is 33.9 Å². The van der Waals surface area contributed by atoms with Gasteiger partial charge in [0, 0.05) is 0 Å². The molecule has 4 aromatic heterocycles. The van der Waals surface area contributed by atoms with E-state index < -0.39 is 83.0 Å². The number of aromatic nitrogens is 8. The molecular formula is C21H26N10O13P2. The minimum Gasteiger partial charge on any atom is -0.387 e. The van der Waals surface area contributed by atoms with Crippen molar-refractivity contribution in [3.8, 4) is 0 Å². The topological polar surface area (TPSA) is 330 Å². The number of imidazole rings is 2. The van der Waals surface area contributed by atoms with E-state index in [-0.39, 0.29) is 34.1 Å². The van der Waals surface area contributed by atoms with Crippen LogP contribution in [0.4, 0.5) is 11.8 Å². The summed E-state index contributed by atoms with van der Waals surface area (Å²) < 4.78 is 61.8. The van der Waals surface area contributed by atoms with Crippen molar-refractivity contribution in [1.82, 2.24) is 39.0 Å². The maximum atomic E-state index is 13.3. The van der Waals surface area contributed by atoms with Gasteiger partial charge in [0.15, 0.2) is 35.1 Å². The standard InChI is InChI=1S/C21H26N10O13P2/c1-21-3-40-46(37,38)43-12-10(32)7(41-19(12)31-6-27-9-16(31)28-20(23)29-17(9)34)2-39-45(35,36)44-13(21)11(33)18(42-21)30-5-26-8-14(22)24-4-25-15(8)30/h4-7,10-13,18-19,32-33H,2-3H2,1H3,(H,35,36)(H,37,38)(H2,22,24,25)(H3,23,28,29,34). The van der Waals surface area contributed by atoms with Crippen LogP contribution in [0.2, 0.25) is 0 Å². The van der Waals surface area contributed by atoms with E-state index in [0.29, 0.717) is 0 Å². The molecule has 3 aliphatic rings. The molecular weight excluding hydrogens is 662 g/mol. The fourth-order valence-corrected chi connectivity index (χ4v) is 7.60. The van der Waals surface area contributed by atoms with Crippen molar-refractivity contribution in [3.63, 3.8) is 0 Å². The molecule has 9 N–H and O–H groups in total. The van der Waals surface area contributed by atoms with Gasteiger partial charge in [-0.2, -0.15) is 4.98 Å². The van der Waals surface area contributed by atoms with Gasteiger partial charge in [-0.05, 0) is 6.92 Å². The fraction of sp³-hybridized carbons (Fsp3) is 0.524. The van der Waals surface area contributed by atoms with E-state index in [0.717, 1.165) is 17.2 Å². The number of H-pyrrole nitrogens is 1. The minimum atomic E-state index is -5.16. The summed E-state index contributed by atoms with van der Waals surface area (Å²) in [4.78, 5) is 56.1. The van der Waals surface area contributed by atoms with E-state index in [1.807, 2.05) is 0 Å². The largest absolute Gasteiger partial charge is 0.472 e. The quantitative estimate of drug-likeness (QED) is 0.112. The number of nitrogens with one attached hydrogen (secondary N) is 1. The van der Waals surface area contributed by atoms with Crippen LogP contribution in [0.5, 0.6) is 0 Å². The van der Waals surface area contributed by atoms with Crippen LogP contribution in [0.1, 0.15) is 19.4 Å². The van der Waals surface area contributed by atoms with Crippen molar-refractivity contribution in [3.05, 3.63) is 29.3 Å². The van der Waals surface area contributed by atoms with Gasteiger partial charge in [0.25, 0.3) is 5.56 Å². The number of aliphatic hydroxyl groups is 2. The number of ether oxygens (including phenoxy) is 2. The number of hydrogen-bond acceptors (Lipinski definition) is 18. The molecule has 3 aliphatic heterocycles. The highest BCUT2D eigenvalue weighted by molar-refractivity contribution is 7.47. The van der Waals surface area contributed by atoms with Crippen molar-refractivity contribution >= 4 is 49.7 Å². The van der Waals surface area contributed by atoms with E-state index in [1.54, 1.807) is 0 Å². The highest BCUT2D eigenvalue weighted by Gasteiger charge is 2.58. The molecule has 0 saturated carbocycles. The van der Waals surface area contributed by atoms with E-state index in [2.05, 4.69) is 29.9 Å². The van der Waals surface area contributed by atoms with Gasteiger partial charge in [-0.25, -0.2) is 29.1 Å². The van der Waals surface area contributed by atoms with Crippen LogP contribution in [-0.4, -0.2) is 108 Å². The molecule has 25 heteroatoms. The Kier molecular flexibility index (Phi) is 7.32. The zero-order valence-electron chi connectivity index (χ0n) is 23.3. The molecule has 248 valence electrons. The van der Waals surface area contributed by atoms with Crippen molar-refractivity contribution in [2.45, 2.75) is 55.5 Å². The molecule has 0 radical (unpaired) electrons. The third-order valence-electron chi connectivity index (χ3n) is 7.71. The van der Waals surface area contributed by atoms with Gasteiger partial charge in [-0.15, -0.1) is 0 Å². The summed E-state index contributed by atoms with van der Waals surface area (Å²) in [5, 5.41) is 22.3. The Bertz CT molecular complexity index is 1990. The monoisotopic (exact) mass is 688 g/mol. The molecule has 10 atom stereocenters. The molecule has 0 aliphatic carbocycles. The maximum absolute atomic E-state index is 13.3. The van der Waals surface area contributed by atoms with E-state index in [4.69, 9.17) is 39.0 Å². The van der Waals surface area contributed by atoms with Crippen molar-refractivity contribution < 1.29 is 56.7 Å². The summed E-state index contributed by atoms with van der Waals surface area (Å²) in [6.07, 6.45) is -7.89. The lowest BCUT2D eigenvalue weighted by Crippen LogP contribution is -2.45. The van der Waals surface area contributed by atoms with Crippen LogP contribution in [0.15, 0.2) is 23.8 Å². The summed E-state index contributed by atoms with van der Waals surface area (Å²) in [7, 11) is -10.3. The molecule has 2 bridgehead atoms. The van der Waals surface area contributed by atoms with Crippen molar-refractivity contribution in [2.24, 2.45) is 0 Å². The minimum absolute atomic E-state index is 0.0308. The van der Waals surface area contributed by atoms with Crippen LogP contribution in [-0.2, 0) is 36.7 Å². The molecule has 3 fully saturated rings. The number of aliphatic hydroxyl groups excluding tert-OH is 2. The third kappa shape index (κ3) is 5.19. The number of anilines is 2. The van der Waals surface area contributed by atoms with Gasteiger partial charge in [-0.1, -0.05) is 0 Å². The average molecular weight is 688 g/mol. The first-order chi connectivity index (χ1) is 21.7. The molecule has 23 nitrogen and oxygen atoms in total. The van der Waals surface area contributed by atoms with Gasteiger partial charge >= 0.3 is 15.6 Å². The third-order valence-corrected chi connectivity index (χ3v) is 9.65. The lowest BCUT2D eigenvalue weighted by atomic mass is 9.99. The summed E-state index contributed by atoms with van der Waals surface area (Å²) in [5.74, 6) is -0.255. The van der Waals surface area contributed by atoms with E-state index >= 15 is 0 Å². The second-order valence-corrected chi connectivity index (χ2v) is 13.6. The lowest BCUT2D eigenvalue weighted by molar-refractivity contribution is -0.117. The Balaban J connectivity index is 1.23. The summed E-state index contributed by atoms with van der Waals surface area (Å²) in [5.41, 5.74) is 8.89. The van der Waals surface area contributed by atoms with Crippen LogP contribution >= 0.6 is 15.6 Å². The first kappa shape index (κ1) is 31.2. The number of nitrogens with zero attached hydrogens (tertiary/aromatic N) is 7. The Hall–Kier alpha value is -3.44. The predicted molar refractivity (Wildman–Crippen MR) is 148 cm³/mol. The zero-order valence-corrected chi connectivity index (χ0v) is 25.1. The number of nitrogens with two attached hydrogens (primary N) is 2. The van der Waals surface area contributed by atoms with Gasteiger partial charge in [-0.3, -0.25) is 37.0 Å². The smallest absolute Gasteiger partial charge is 0.387 e. The van der Waals surface area contributed by atoms with Gasteiger partial charge in [0.2, 0.25) is 5.95 Å². The zero-order chi connectivity index (χ0) is 32.8. The Morgan fingerprint density at radius 1 is 0.957 bits per heavy atom. The van der Waals surface area contributed by atoms with Crippen molar-refractivity contribution in [1.29, 1.82) is 0 Å². The SMILES string of the molecule is CC12COP(=O)(O)OC3C(O)C(COP(=O)(O)OC1C(O)C(n1cnc4c(N)ncnc41)O2)OC3n1cnc2c(=O)[nH]c(N)nc21. The van der Waals surface area contributed by atoms with Crippen LogP contribution in [0, 0.1) is 0 Å². The number of aromatic amines is 1. The van der Waals surface area contributed by atoms with Gasteiger partial charge in [0.1, 0.15) is 48.0 Å². The second kappa shape index (κ2) is 10.8. The molecule has 10 unspecified atom stereocenters. The van der Waals surface area contributed by atoms with Gasteiger partial charge in [0.05, 0.1) is 25.9 Å². The van der Waals surface area contributed by atoms with Gasteiger partial charge < -0.3 is 40.9 Å². The number of phosphoric ester groups is 2. The normalized spacial score (nSPS) is 38.8. The molecule has 7 heterocycles. The Labute approximate surface area is 255 Å². The average Bonchev–Trinajstić information content (AvgIpc) is 3.73. The number of phosphoric acid groups is 2. The number of hydrogen-bond donors (Lipinski definition) is 7. The Morgan fingerprint density at radius 2 is 1.65 bits per heavy atom. The first-order valence-corrected chi connectivity index (χ1v) is 16.3. The molecule has 46 heavy (non-hydrogen) atoms. The summed E-state index contributed by atoms with van der Waals surface area (Å²) in [6, 6.07) is 0. The van der Waals surface area contributed by atoms with Crippen LogP contribution < -0.4 is 17.0 Å². The fourth-order valence-electron chi connectivity index (χ4n) is 5.55. The first-order valence-electron chi connectivity index (χ1n) is 13.3. The molecule has 0 amide bonds. The molecule has 3 saturated heterocycles. The second-order valence-electron chi connectivity index (χ2n) is 10.8. The molecule has 4 aromatic rings. The van der Waals surface area contributed by atoms with Crippen molar-refractivity contribution in [2.75, 3.05) is 24.7 Å². The summed E-state index contributed by atoms with van der Waals surface area (Å²) in [6.45, 7) is -0.417. The van der Waals surface area contributed by atoms with Crippen LogP contribution in [0.25, 0.3) is 22.3 Å². The predicted octanol–water partition coefficient (Wildman–Crippen LogP) is -1.95. The Morgan fingerprint density at radius 3 is 2.41 bits per heavy atom. The molecule has 7 rings (SSSR count). The number of nitrogen functional groups attached to an aromatic ring is 2. The number of fused-ring (bicyclic) bond motifs is 5. The highest BCUT2D eigenvalue weighted by atomic mass is 31.2. The molecule has 0 aromatic carbocycles. The van der Waals surface area contributed by atoms with E-state index in [1.165, 1.54) is 17.8 Å². The molecule has 0 spiro atoms. The summed E-state index contributed by atoms with van der Waals surface area (Å²) >= 11 is 0.